The van der Waals surface area contributed by atoms with E-state index < -0.39 is 17.0 Å². The van der Waals surface area contributed by atoms with Gasteiger partial charge in [-0.15, -0.1) is 0 Å². The lowest BCUT2D eigenvalue weighted by molar-refractivity contribution is 0.348. The summed E-state index contributed by atoms with van der Waals surface area (Å²) < 4.78 is 28.0. The molecule has 4 heteroatoms. The average Bonchev–Trinajstić information content (AvgIpc) is 2.60. The fourth-order valence-corrected chi connectivity index (χ4v) is 3.21. The minimum absolute atomic E-state index is 0.229. The zero-order valence-electron chi connectivity index (χ0n) is 16.2. The number of nitriles is 1. The molecule has 1 aromatic carbocycles. The number of nitrogens with zero attached hydrogens (tertiary/aromatic N) is 1. The molecule has 1 rings (SSSR count). The van der Waals surface area contributed by atoms with E-state index in [4.69, 9.17) is 0 Å². The number of likely N-dealkylation sites (N-methyl/N-ethyl adjacent to an activating group) is 1. The summed E-state index contributed by atoms with van der Waals surface area (Å²) in [5, 5.41) is 12.9. The molecule has 0 radical (unpaired) electrons. The van der Waals surface area contributed by atoms with Crippen molar-refractivity contribution in [1.29, 1.82) is 5.26 Å². The van der Waals surface area contributed by atoms with E-state index in [-0.39, 0.29) is 12.0 Å². The highest BCUT2D eigenvalue weighted by Gasteiger charge is 2.33. The standard InChI is InChI=1S/C22H28F2N2/c1-7-8-12-22(5,13-17-10-9-11-19(23)21(17)24)18(14-25)20(15(2)3)16(4)26-6/h9-11,26H,2,4,7-8,12-13H2,1,3,5-6H3/b20-18-. The first-order valence-corrected chi connectivity index (χ1v) is 8.82. The number of allylic oxidation sites excluding steroid dienone is 2. The third kappa shape index (κ3) is 4.82. The van der Waals surface area contributed by atoms with Gasteiger partial charge in [0, 0.05) is 29.3 Å². The predicted molar refractivity (Wildman–Crippen MR) is 103 cm³/mol. The molecule has 1 N–H and O–H groups in total. The van der Waals surface area contributed by atoms with E-state index in [1.165, 1.54) is 6.07 Å². The van der Waals surface area contributed by atoms with Crippen molar-refractivity contribution in [2.24, 2.45) is 5.41 Å². The first kappa shape index (κ1) is 21.6. The molecule has 0 amide bonds. The van der Waals surface area contributed by atoms with Crippen molar-refractivity contribution in [2.75, 3.05) is 7.05 Å². The zero-order chi connectivity index (χ0) is 19.9. The second-order valence-corrected chi connectivity index (χ2v) is 6.92. The van der Waals surface area contributed by atoms with Crippen LogP contribution in [0.1, 0.15) is 45.6 Å². The minimum Gasteiger partial charge on any atom is -0.388 e. The Morgan fingerprint density at radius 3 is 2.46 bits per heavy atom. The lowest BCUT2D eigenvalue weighted by Crippen LogP contribution is -2.26. The Morgan fingerprint density at radius 1 is 1.31 bits per heavy atom. The summed E-state index contributed by atoms with van der Waals surface area (Å²) in [5.41, 5.74) is 2.08. The van der Waals surface area contributed by atoms with E-state index in [0.717, 1.165) is 18.9 Å². The molecule has 1 atom stereocenters. The number of halogens is 2. The fraction of sp³-hybridized carbons (Fsp3) is 0.409. The fourth-order valence-electron chi connectivity index (χ4n) is 3.21. The molecule has 140 valence electrons. The molecule has 0 saturated heterocycles. The van der Waals surface area contributed by atoms with Crippen molar-refractivity contribution >= 4 is 0 Å². The Bertz CT molecular complexity index is 756. The molecule has 0 aromatic heterocycles. The lowest BCUT2D eigenvalue weighted by Gasteiger charge is -2.32. The van der Waals surface area contributed by atoms with Gasteiger partial charge in [-0.2, -0.15) is 5.26 Å². The van der Waals surface area contributed by atoms with E-state index in [2.05, 4.69) is 31.5 Å². The number of benzene rings is 1. The topological polar surface area (TPSA) is 35.8 Å². The average molecular weight is 358 g/mol. The van der Waals surface area contributed by atoms with Crippen LogP contribution in [0.25, 0.3) is 0 Å². The first-order chi connectivity index (χ1) is 12.2. The second-order valence-electron chi connectivity index (χ2n) is 6.92. The van der Waals surface area contributed by atoms with Gasteiger partial charge in [0.1, 0.15) is 0 Å². The van der Waals surface area contributed by atoms with Gasteiger partial charge in [-0.1, -0.05) is 52.0 Å². The van der Waals surface area contributed by atoms with Crippen LogP contribution in [0.3, 0.4) is 0 Å². The van der Waals surface area contributed by atoms with Gasteiger partial charge in [-0.05, 0) is 37.0 Å². The highest BCUT2D eigenvalue weighted by Crippen LogP contribution is 2.41. The van der Waals surface area contributed by atoms with Crippen molar-refractivity contribution < 1.29 is 8.78 Å². The summed E-state index contributed by atoms with van der Waals surface area (Å²) in [6, 6.07) is 6.48. The molecule has 0 heterocycles. The van der Waals surface area contributed by atoms with Gasteiger partial charge in [0.25, 0.3) is 0 Å². The van der Waals surface area contributed by atoms with Gasteiger partial charge in [-0.3, -0.25) is 0 Å². The van der Waals surface area contributed by atoms with Crippen LogP contribution in [0.5, 0.6) is 0 Å². The third-order valence-electron chi connectivity index (χ3n) is 4.69. The predicted octanol–water partition coefficient (Wildman–Crippen LogP) is 5.83. The minimum atomic E-state index is -0.873. The van der Waals surface area contributed by atoms with E-state index >= 15 is 0 Å². The van der Waals surface area contributed by atoms with Gasteiger partial charge in [0.05, 0.1) is 6.07 Å². The van der Waals surface area contributed by atoms with E-state index in [0.29, 0.717) is 28.8 Å². The number of hydrogen-bond acceptors (Lipinski definition) is 2. The van der Waals surface area contributed by atoms with Crippen LogP contribution >= 0.6 is 0 Å². The molecule has 0 aliphatic carbocycles. The lowest BCUT2D eigenvalue weighted by atomic mass is 9.71. The molecule has 0 aliphatic heterocycles. The Kier molecular flexibility index (Phi) is 7.76. The molecular formula is C22H28F2N2. The van der Waals surface area contributed by atoms with E-state index in [1.807, 2.05) is 13.8 Å². The maximum atomic E-state index is 14.3. The van der Waals surface area contributed by atoms with Crippen LogP contribution < -0.4 is 5.32 Å². The molecule has 2 nitrogen and oxygen atoms in total. The largest absolute Gasteiger partial charge is 0.388 e. The van der Waals surface area contributed by atoms with Crippen molar-refractivity contribution in [3.05, 3.63) is 71.0 Å². The molecule has 26 heavy (non-hydrogen) atoms. The van der Waals surface area contributed by atoms with Crippen molar-refractivity contribution in [3.8, 4) is 6.07 Å². The van der Waals surface area contributed by atoms with Gasteiger partial charge in [0.2, 0.25) is 0 Å². The highest BCUT2D eigenvalue weighted by molar-refractivity contribution is 5.53. The van der Waals surface area contributed by atoms with E-state index in [1.54, 1.807) is 13.1 Å². The smallest absolute Gasteiger partial charge is 0.162 e. The van der Waals surface area contributed by atoms with Crippen molar-refractivity contribution in [3.63, 3.8) is 0 Å². The number of unbranched alkanes of at least 4 members (excludes halogenated alkanes) is 1. The summed E-state index contributed by atoms with van der Waals surface area (Å²) in [6.45, 7) is 13.8. The number of nitrogens with one attached hydrogen (secondary N) is 1. The van der Waals surface area contributed by atoms with Crippen LogP contribution in [0, 0.1) is 28.4 Å². The maximum Gasteiger partial charge on any atom is 0.162 e. The molecule has 0 aliphatic rings. The zero-order valence-corrected chi connectivity index (χ0v) is 16.2. The summed E-state index contributed by atoms with van der Waals surface area (Å²) in [5.74, 6) is -1.72. The first-order valence-electron chi connectivity index (χ1n) is 8.82. The number of rotatable bonds is 9. The van der Waals surface area contributed by atoms with Gasteiger partial charge in [-0.25, -0.2) is 8.78 Å². The SMILES string of the molecule is C=C(C)/C(C(=C)NC)=C(\C#N)C(C)(CCCC)Cc1cccc(F)c1F. The number of hydrogen-bond donors (Lipinski definition) is 1. The molecule has 0 saturated carbocycles. The van der Waals surface area contributed by atoms with Crippen LogP contribution in [0.4, 0.5) is 8.78 Å². The Balaban J connectivity index is 3.58. The molecule has 1 aromatic rings. The van der Waals surface area contributed by atoms with Crippen LogP contribution in [0.15, 0.2) is 53.8 Å². The van der Waals surface area contributed by atoms with Crippen LogP contribution in [0.2, 0.25) is 0 Å². The normalized spacial score (nSPS) is 14.0. The van der Waals surface area contributed by atoms with Crippen LogP contribution in [-0.2, 0) is 6.42 Å². The quantitative estimate of drug-likeness (QED) is 0.445. The Labute approximate surface area is 155 Å². The molecule has 0 bridgehead atoms. The summed E-state index contributed by atoms with van der Waals surface area (Å²) in [4.78, 5) is 0. The van der Waals surface area contributed by atoms with Crippen LogP contribution in [-0.4, -0.2) is 7.05 Å². The van der Waals surface area contributed by atoms with Gasteiger partial charge >= 0.3 is 0 Å². The molecule has 1 unspecified atom stereocenters. The van der Waals surface area contributed by atoms with Crippen molar-refractivity contribution in [1.82, 2.24) is 5.32 Å². The van der Waals surface area contributed by atoms with Gasteiger partial charge < -0.3 is 5.32 Å². The summed E-state index contributed by atoms with van der Waals surface area (Å²) in [6.07, 6.45) is 2.72. The second kappa shape index (κ2) is 9.33. The molecular weight excluding hydrogens is 330 g/mol. The summed E-state index contributed by atoms with van der Waals surface area (Å²) in [7, 11) is 1.73. The molecule has 0 spiro atoms. The maximum absolute atomic E-state index is 14.3. The monoisotopic (exact) mass is 358 g/mol. The molecule has 0 fully saturated rings. The third-order valence-corrected chi connectivity index (χ3v) is 4.69. The van der Waals surface area contributed by atoms with Gasteiger partial charge in [0.15, 0.2) is 11.6 Å². The summed E-state index contributed by atoms with van der Waals surface area (Å²) >= 11 is 0. The highest BCUT2D eigenvalue weighted by atomic mass is 19.2. The van der Waals surface area contributed by atoms with Crippen molar-refractivity contribution in [2.45, 2.75) is 46.5 Å². The Morgan fingerprint density at radius 2 is 1.96 bits per heavy atom. The van der Waals surface area contributed by atoms with E-state index in [9.17, 15) is 14.0 Å². The Hall–Kier alpha value is -2.41.